The first kappa shape index (κ1) is 20.7. The summed E-state index contributed by atoms with van der Waals surface area (Å²) in [4.78, 5) is 12.6. The predicted molar refractivity (Wildman–Crippen MR) is 112 cm³/mol. The molecular weight excluding hydrogens is 378 g/mol. The van der Waals surface area contributed by atoms with Crippen molar-refractivity contribution < 1.29 is 9.47 Å². The maximum absolute atomic E-state index is 12.6. The summed E-state index contributed by atoms with van der Waals surface area (Å²) >= 11 is 6.38. The van der Waals surface area contributed by atoms with Gasteiger partial charge in [0.15, 0.2) is 0 Å². The molecule has 0 saturated carbocycles. The minimum absolute atomic E-state index is 0.104. The fourth-order valence-corrected chi connectivity index (χ4v) is 3.77. The molecule has 152 valence electrons. The number of nitrogens with one attached hydrogen (secondary N) is 1. The molecule has 1 saturated heterocycles. The molecule has 2 aromatic rings. The van der Waals surface area contributed by atoms with E-state index in [2.05, 4.69) is 22.5 Å². The number of aromatic nitrogens is 2. The Kier molecular flexibility index (Phi) is 6.01. The third-order valence-electron chi connectivity index (χ3n) is 5.32. The topological polar surface area (TPSA) is 65.4 Å². The normalized spacial score (nSPS) is 16.6. The van der Waals surface area contributed by atoms with Gasteiger partial charge in [0.1, 0.15) is 10.8 Å². The zero-order valence-electron chi connectivity index (χ0n) is 16.9. The van der Waals surface area contributed by atoms with Gasteiger partial charge in [0, 0.05) is 25.2 Å². The Morgan fingerprint density at radius 1 is 1.25 bits per heavy atom. The van der Waals surface area contributed by atoms with Crippen LogP contribution < -0.4 is 15.6 Å². The summed E-state index contributed by atoms with van der Waals surface area (Å²) in [6, 6.07) is 8.16. The van der Waals surface area contributed by atoms with Crippen molar-refractivity contribution in [2.75, 3.05) is 32.2 Å². The van der Waals surface area contributed by atoms with Crippen molar-refractivity contribution in [1.82, 2.24) is 9.78 Å². The summed E-state index contributed by atoms with van der Waals surface area (Å²) in [7, 11) is 1.66. The van der Waals surface area contributed by atoms with Crippen molar-refractivity contribution >= 4 is 17.3 Å². The van der Waals surface area contributed by atoms with E-state index in [1.807, 2.05) is 32.9 Å². The Morgan fingerprint density at radius 2 is 1.89 bits per heavy atom. The molecule has 0 spiro atoms. The quantitative estimate of drug-likeness (QED) is 0.819. The second kappa shape index (κ2) is 8.13. The van der Waals surface area contributed by atoms with E-state index >= 15 is 0 Å². The number of hydrogen-bond donors (Lipinski definition) is 1. The second-order valence-corrected chi connectivity index (χ2v) is 8.61. The van der Waals surface area contributed by atoms with Crippen LogP contribution >= 0.6 is 11.6 Å². The number of halogens is 1. The van der Waals surface area contributed by atoms with Crippen LogP contribution in [-0.4, -0.2) is 36.6 Å². The summed E-state index contributed by atoms with van der Waals surface area (Å²) in [5, 5.41) is 7.85. The van der Waals surface area contributed by atoms with Gasteiger partial charge in [-0.3, -0.25) is 4.79 Å². The molecule has 0 atom stereocenters. The van der Waals surface area contributed by atoms with E-state index in [4.69, 9.17) is 21.1 Å². The van der Waals surface area contributed by atoms with Crippen LogP contribution in [0.3, 0.4) is 0 Å². The molecule has 1 aliphatic rings. The minimum Gasteiger partial charge on any atom is -0.497 e. The first-order chi connectivity index (χ1) is 13.3. The van der Waals surface area contributed by atoms with Crippen molar-refractivity contribution in [3.8, 4) is 5.75 Å². The van der Waals surface area contributed by atoms with Crippen molar-refractivity contribution in [3.05, 3.63) is 51.4 Å². The third kappa shape index (κ3) is 4.18. The number of hydrogen-bond acceptors (Lipinski definition) is 5. The van der Waals surface area contributed by atoms with Gasteiger partial charge in [0.05, 0.1) is 24.5 Å². The molecule has 0 bridgehead atoms. The Morgan fingerprint density at radius 3 is 2.46 bits per heavy atom. The molecule has 6 nitrogen and oxygen atoms in total. The SMILES string of the molecule is COc1ccc(C2(CNc3cnn(C(C)(C)C)c(=O)c3Cl)CCOCC2)cc1. The molecule has 3 rings (SSSR count). The standard InChI is InChI=1S/C21H28ClN3O3/c1-20(2,3)25-19(26)18(22)17(13-24-25)23-14-21(9-11-28-12-10-21)15-5-7-16(27-4)8-6-15/h5-8,13,23H,9-12,14H2,1-4H3. The Bertz CT molecular complexity index is 866. The highest BCUT2D eigenvalue weighted by Crippen LogP contribution is 2.36. The summed E-state index contributed by atoms with van der Waals surface area (Å²) in [6.07, 6.45) is 3.41. The largest absolute Gasteiger partial charge is 0.497 e. The van der Waals surface area contributed by atoms with Crippen LogP contribution in [0.25, 0.3) is 0 Å². The first-order valence-corrected chi connectivity index (χ1v) is 9.89. The van der Waals surface area contributed by atoms with Crippen molar-refractivity contribution in [3.63, 3.8) is 0 Å². The maximum atomic E-state index is 12.6. The van der Waals surface area contributed by atoms with Crippen molar-refractivity contribution in [2.24, 2.45) is 0 Å². The molecule has 2 heterocycles. The molecule has 1 aromatic carbocycles. The van der Waals surface area contributed by atoms with Crippen LogP contribution in [0.2, 0.25) is 5.02 Å². The lowest BCUT2D eigenvalue weighted by molar-refractivity contribution is 0.0544. The smallest absolute Gasteiger partial charge is 0.288 e. The van der Waals surface area contributed by atoms with Gasteiger partial charge in [-0.25, -0.2) is 4.68 Å². The molecule has 1 fully saturated rings. The molecule has 0 radical (unpaired) electrons. The highest BCUT2D eigenvalue weighted by atomic mass is 35.5. The molecule has 28 heavy (non-hydrogen) atoms. The van der Waals surface area contributed by atoms with Crippen LogP contribution in [0.15, 0.2) is 35.3 Å². The highest BCUT2D eigenvalue weighted by Gasteiger charge is 2.34. The maximum Gasteiger partial charge on any atom is 0.288 e. The predicted octanol–water partition coefficient (Wildman–Crippen LogP) is 3.82. The Labute approximate surface area is 170 Å². The summed E-state index contributed by atoms with van der Waals surface area (Å²) < 4.78 is 12.3. The molecule has 0 aliphatic carbocycles. The fraction of sp³-hybridized carbons (Fsp3) is 0.524. The molecule has 1 aliphatic heterocycles. The van der Waals surface area contributed by atoms with E-state index < -0.39 is 5.54 Å². The van der Waals surface area contributed by atoms with Crippen LogP contribution in [0.1, 0.15) is 39.2 Å². The van der Waals surface area contributed by atoms with Crippen LogP contribution in [0, 0.1) is 0 Å². The summed E-state index contributed by atoms with van der Waals surface area (Å²) in [6.45, 7) is 7.81. The number of methoxy groups -OCH3 is 1. The number of anilines is 1. The molecule has 0 unspecified atom stereocenters. The van der Waals surface area contributed by atoms with E-state index in [0.29, 0.717) is 25.4 Å². The second-order valence-electron chi connectivity index (χ2n) is 8.23. The molecule has 0 amide bonds. The van der Waals surface area contributed by atoms with Crippen LogP contribution in [-0.2, 0) is 15.7 Å². The van der Waals surface area contributed by atoms with Gasteiger partial charge in [-0.2, -0.15) is 5.10 Å². The van der Waals surface area contributed by atoms with E-state index in [1.165, 1.54) is 10.2 Å². The minimum atomic E-state index is -0.426. The summed E-state index contributed by atoms with van der Waals surface area (Å²) in [5.74, 6) is 0.831. The number of ether oxygens (including phenoxy) is 2. The zero-order valence-corrected chi connectivity index (χ0v) is 17.7. The molecular formula is C21H28ClN3O3. The molecule has 7 heteroatoms. The van der Waals surface area contributed by atoms with Gasteiger partial charge in [0.25, 0.3) is 5.56 Å². The lowest BCUT2D eigenvalue weighted by Crippen LogP contribution is -2.41. The average Bonchev–Trinajstić information content (AvgIpc) is 2.69. The number of nitrogens with zero attached hydrogens (tertiary/aromatic N) is 2. The van der Waals surface area contributed by atoms with Crippen LogP contribution in [0.4, 0.5) is 5.69 Å². The fourth-order valence-electron chi connectivity index (χ4n) is 3.57. The van der Waals surface area contributed by atoms with Crippen molar-refractivity contribution in [1.29, 1.82) is 0 Å². The number of benzene rings is 1. The van der Waals surface area contributed by atoms with Gasteiger partial charge in [-0.15, -0.1) is 0 Å². The van der Waals surface area contributed by atoms with Gasteiger partial charge < -0.3 is 14.8 Å². The van der Waals surface area contributed by atoms with Gasteiger partial charge in [0.2, 0.25) is 0 Å². The highest BCUT2D eigenvalue weighted by molar-refractivity contribution is 6.32. The van der Waals surface area contributed by atoms with Gasteiger partial charge in [-0.05, 0) is 51.3 Å². The Balaban J connectivity index is 1.87. The van der Waals surface area contributed by atoms with E-state index in [-0.39, 0.29) is 16.0 Å². The lowest BCUT2D eigenvalue weighted by Gasteiger charge is -2.38. The Hall–Kier alpha value is -2.05. The molecule has 1 N–H and O–H groups in total. The van der Waals surface area contributed by atoms with Gasteiger partial charge in [-0.1, -0.05) is 23.7 Å². The van der Waals surface area contributed by atoms with Gasteiger partial charge >= 0.3 is 0 Å². The summed E-state index contributed by atoms with van der Waals surface area (Å²) in [5.41, 5.74) is 0.962. The van der Waals surface area contributed by atoms with Crippen LogP contribution in [0.5, 0.6) is 5.75 Å². The number of rotatable bonds is 5. The lowest BCUT2D eigenvalue weighted by atomic mass is 9.74. The zero-order chi connectivity index (χ0) is 20.4. The van der Waals surface area contributed by atoms with E-state index in [0.717, 1.165) is 18.6 Å². The first-order valence-electron chi connectivity index (χ1n) is 9.51. The van der Waals surface area contributed by atoms with Crippen molar-refractivity contribution in [2.45, 2.75) is 44.6 Å². The van der Waals surface area contributed by atoms with E-state index in [1.54, 1.807) is 13.3 Å². The van der Waals surface area contributed by atoms with E-state index in [9.17, 15) is 4.79 Å². The monoisotopic (exact) mass is 405 g/mol. The average molecular weight is 406 g/mol. The molecule has 1 aromatic heterocycles. The third-order valence-corrected chi connectivity index (χ3v) is 5.69.